The molecular formula is C12H17ClN2O2. The van der Waals surface area contributed by atoms with Gasteiger partial charge < -0.3 is 5.32 Å². The molecule has 0 aliphatic rings. The number of carbonyl (C=O) groups excluding carboxylic acids is 1. The number of urea groups is 1. The monoisotopic (exact) mass is 256 g/mol. The van der Waals surface area contributed by atoms with Crippen molar-refractivity contribution in [3.63, 3.8) is 0 Å². The van der Waals surface area contributed by atoms with E-state index in [-0.39, 0.29) is 12.1 Å². The van der Waals surface area contributed by atoms with Gasteiger partial charge in [0.15, 0.2) is 0 Å². The number of hydroxylamine groups is 2. The molecule has 0 atom stereocenters. The third-order valence-corrected chi connectivity index (χ3v) is 2.49. The second-order valence-corrected chi connectivity index (χ2v) is 4.45. The molecule has 0 fully saturated rings. The summed E-state index contributed by atoms with van der Waals surface area (Å²) in [4.78, 5) is 16.9. The van der Waals surface area contributed by atoms with Gasteiger partial charge in [-0.1, -0.05) is 17.7 Å². The molecule has 1 aromatic rings. The van der Waals surface area contributed by atoms with E-state index in [4.69, 9.17) is 16.4 Å². The van der Waals surface area contributed by atoms with Crippen LogP contribution in [0, 0.1) is 6.92 Å². The zero-order valence-electron chi connectivity index (χ0n) is 10.5. The number of hydrogen-bond acceptors (Lipinski definition) is 2. The van der Waals surface area contributed by atoms with Gasteiger partial charge in [0.25, 0.3) is 0 Å². The number of amides is 2. The Hall–Kier alpha value is -1.26. The van der Waals surface area contributed by atoms with Crippen LogP contribution >= 0.6 is 11.6 Å². The maximum absolute atomic E-state index is 11.7. The fourth-order valence-electron chi connectivity index (χ4n) is 1.24. The van der Waals surface area contributed by atoms with Crippen molar-refractivity contribution in [1.82, 2.24) is 5.06 Å². The van der Waals surface area contributed by atoms with Crippen LogP contribution < -0.4 is 5.32 Å². The van der Waals surface area contributed by atoms with Gasteiger partial charge in [0.1, 0.15) is 0 Å². The SMILES string of the molecule is Cc1ccc(NC(=O)N(C)OC(C)C)cc1Cl. The normalized spacial score (nSPS) is 10.5. The molecule has 1 aromatic carbocycles. The fourth-order valence-corrected chi connectivity index (χ4v) is 1.42. The summed E-state index contributed by atoms with van der Waals surface area (Å²) in [6, 6.07) is 5.01. The van der Waals surface area contributed by atoms with Crippen molar-refractivity contribution in [3.05, 3.63) is 28.8 Å². The minimum Gasteiger partial charge on any atom is -0.306 e. The van der Waals surface area contributed by atoms with E-state index < -0.39 is 0 Å². The molecule has 17 heavy (non-hydrogen) atoms. The van der Waals surface area contributed by atoms with Crippen LogP contribution in [0.15, 0.2) is 18.2 Å². The van der Waals surface area contributed by atoms with Crippen LogP contribution in [0.1, 0.15) is 19.4 Å². The summed E-state index contributed by atoms with van der Waals surface area (Å²) < 4.78 is 0. The summed E-state index contributed by atoms with van der Waals surface area (Å²) in [7, 11) is 1.56. The molecule has 0 aromatic heterocycles. The Kier molecular flexibility index (Phi) is 4.78. The van der Waals surface area contributed by atoms with Crippen LogP contribution in [0.5, 0.6) is 0 Å². The highest BCUT2D eigenvalue weighted by atomic mass is 35.5. The molecule has 0 heterocycles. The van der Waals surface area contributed by atoms with E-state index in [2.05, 4.69) is 5.32 Å². The standard InChI is InChI=1S/C12H17ClN2O2/c1-8(2)17-15(4)12(16)14-10-6-5-9(3)11(13)7-10/h5-8H,1-4H3,(H,14,16). The lowest BCUT2D eigenvalue weighted by Crippen LogP contribution is -2.33. The topological polar surface area (TPSA) is 41.6 Å². The van der Waals surface area contributed by atoms with Crippen LogP contribution in [-0.4, -0.2) is 24.2 Å². The first-order valence-corrected chi connectivity index (χ1v) is 5.75. The van der Waals surface area contributed by atoms with Crippen LogP contribution in [0.3, 0.4) is 0 Å². The lowest BCUT2D eigenvalue weighted by atomic mass is 10.2. The van der Waals surface area contributed by atoms with Gasteiger partial charge in [-0.3, -0.25) is 4.84 Å². The molecule has 0 aliphatic carbocycles. The molecule has 0 aliphatic heterocycles. The molecule has 4 nitrogen and oxygen atoms in total. The highest BCUT2D eigenvalue weighted by Gasteiger charge is 2.11. The summed E-state index contributed by atoms with van der Waals surface area (Å²) in [5, 5.41) is 4.48. The second kappa shape index (κ2) is 5.89. The van der Waals surface area contributed by atoms with E-state index in [0.29, 0.717) is 10.7 Å². The summed E-state index contributed by atoms with van der Waals surface area (Å²) in [6.45, 7) is 5.61. The highest BCUT2D eigenvalue weighted by Crippen LogP contribution is 2.20. The van der Waals surface area contributed by atoms with Gasteiger partial charge in [0, 0.05) is 17.8 Å². The number of carbonyl (C=O) groups is 1. The van der Waals surface area contributed by atoms with Crippen LogP contribution in [-0.2, 0) is 4.84 Å². The quantitative estimate of drug-likeness (QED) is 0.842. The van der Waals surface area contributed by atoms with Crippen LogP contribution in [0.4, 0.5) is 10.5 Å². The smallest absolute Gasteiger partial charge is 0.306 e. The van der Waals surface area contributed by atoms with E-state index in [1.165, 1.54) is 5.06 Å². The van der Waals surface area contributed by atoms with E-state index >= 15 is 0 Å². The number of nitrogens with zero attached hydrogens (tertiary/aromatic N) is 1. The number of benzene rings is 1. The Morgan fingerprint density at radius 1 is 1.47 bits per heavy atom. The average molecular weight is 257 g/mol. The summed E-state index contributed by atoms with van der Waals surface area (Å²) in [6.07, 6.45) is -0.0487. The zero-order chi connectivity index (χ0) is 13.0. The Balaban J connectivity index is 2.64. The lowest BCUT2D eigenvalue weighted by molar-refractivity contribution is -0.127. The van der Waals surface area contributed by atoms with E-state index in [9.17, 15) is 4.79 Å². The van der Waals surface area contributed by atoms with Gasteiger partial charge >= 0.3 is 6.03 Å². The van der Waals surface area contributed by atoms with E-state index in [1.54, 1.807) is 19.2 Å². The Labute approximate surface area is 106 Å². The molecule has 0 unspecified atom stereocenters. The van der Waals surface area contributed by atoms with Crippen molar-refractivity contribution >= 4 is 23.3 Å². The Bertz CT molecular complexity index is 407. The molecule has 1 N–H and O–H groups in total. The van der Waals surface area contributed by atoms with Crippen molar-refractivity contribution in [2.75, 3.05) is 12.4 Å². The summed E-state index contributed by atoms with van der Waals surface area (Å²) in [5.74, 6) is 0. The first-order chi connectivity index (χ1) is 7.90. The average Bonchev–Trinajstić information content (AvgIpc) is 2.22. The third-order valence-electron chi connectivity index (χ3n) is 2.08. The number of rotatable bonds is 3. The minimum atomic E-state index is -0.335. The van der Waals surface area contributed by atoms with Gasteiger partial charge in [-0.15, -0.1) is 0 Å². The number of aryl methyl sites for hydroxylation is 1. The fraction of sp³-hybridized carbons (Fsp3) is 0.417. The molecule has 0 radical (unpaired) electrons. The van der Waals surface area contributed by atoms with Gasteiger partial charge in [-0.25, -0.2) is 9.86 Å². The third kappa shape index (κ3) is 4.24. The van der Waals surface area contributed by atoms with Crippen molar-refractivity contribution in [3.8, 4) is 0 Å². The number of nitrogens with one attached hydrogen (secondary N) is 1. The summed E-state index contributed by atoms with van der Waals surface area (Å²) >= 11 is 5.97. The van der Waals surface area contributed by atoms with Crippen LogP contribution in [0.2, 0.25) is 5.02 Å². The maximum Gasteiger partial charge on any atom is 0.345 e. The van der Waals surface area contributed by atoms with Gasteiger partial charge in [0.2, 0.25) is 0 Å². The Morgan fingerprint density at radius 3 is 2.65 bits per heavy atom. The van der Waals surface area contributed by atoms with Crippen molar-refractivity contribution < 1.29 is 9.63 Å². The molecule has 1 rings (SSSR count). The predicted octanol–water partition coefficient (Wildman–Crippen LogP) is 3.45. The molecular weight excluding hydrogens is 240 g/mol. The van der Waals surface area contributed by atoms with E-state index in [1.807, 2.05) is 26.8 Å². The van der Waals surface area contributed by atoms with Crippen molar-refractivity contribution in [1.29, 1.82) is 0 Å². The largest absolute Gasteiger partial charge is 0.345 e. The summed E-state index contributed by atoms with van der Waals surface area (Å²) in [5.41, 5.74) is 1.61. The van der Waals surface area contributed by atoms with Gasteiger partial charge in [0.05, 0.1) is 6.10 Å². The zero-order valence-corrected chi connectivity index (χ0v) is 11.2. The molecule has 0 spiro atoms. The maximum atomic E-state index is 11.7. The van der Waals surface area contributed by atoms with Gasteiger partial charge in [-0.2, -0.15) is 0 Å². The highest BCUT2D eigenvalue weighted by molar-refractivity contribution is 6.31. The number of hydrogen-bond donors (Lipinski definition) is 1. The van der Waals surface area contributed by atoms with Gasteiger partial charge in [-0.05, 0) is 38.5 Å². The molecule has 0 saturated carbocycles. The molecule has 0 saturated heterocycles. The molecule has 0 bridgehead atoms. The Morgan fingerprint density at radius 2 is 2.12 bits per heavy atom. The molecule has 2 amide bonds. The number of halogens is 1. The van der Waals surface area contributed by atoms with E-state index in [0.717, 1.165) is 5.56 Å². The first-order valence-electron chi connectivity index (χ1n) is 5.37. The molecule has 5 heteroatoms. The van der Waals surface area contributed by atoms with Crippen molar-refractivity contribution in [2.24, 2.45) is 0 Å². The minimum absolute atomic E-state index is 0.0487. The first kappa shape index (κ1) is 13.8. The number of anilines is 1. The lowest BCUT2D eigenvalue weighted by Gasteiger charge is -2.19. The molecule has 94 valence electrons. The van der Waals surface area contributed by atoms with Crippen molar-refractivity contribution in [2.45, 2.75) is 26.9 Å². The van der Waals surface area contributed by atoms with Crippen LogP contribution in [0.25, 0.3) is 0 Å². The predicted molar refractivity (Wildman–Crippen MR) is 69.2 cm³/mol. The second-order valence-electron chi connectivity index (χ2n) is 4.05.